The first kappa shape index (κ1) is 5.60. The minimum Gasteiger partial charge on any atom is -0.265 e. The Morgan fingerprint density at radius 3 is 2.38 bits per heavy atom. The molecule has 1 heterocycles. The zero-order valence-corrected chi connectivity index (χ0v) is 5.81. The Morgan fingerprint density at radius 1 is 1.62 bits per heavy atom. The van der Waals surface area contributed by atoms with Crippen LogP contribution in [0.5, 0.6) is 0 Å². The molecule has 0 saturated carbocycles. The van der Waals surface area contributed by atoms with Gasteiger partial charge in [-0.3, -0.25) is 9.48 Å². The van der Waals surface area contributed by atoms with Crippen molar-refractivity contribution in [2.75, 3.05) is 27.2 Å². The second kappa shape index (κ2) is 1.77. The van der Waals surface area contributed by atoms with E-state index in [1.165, 1.54) is 18.9 Å². The van der Waals surface area contributed by atoms with E-state index in [1.54, 1.807) is 0 Å². The molecule has 0 aliphatic carbocycles. The van der Waals surface area contributed by atoms with E-state index in [2.05, 4.69) is 30.5 Å². The van der Waals surface area contributed by atoms with E-state index in [1.807, 2.05) is 0 Å². The highest BCUT2D eigenvalue weighted by atomic mass is 15.3. The molecule has 0 spiro atoms. The van der Waals surface area contributed by atoms with Gasteiger partial charge in [-0.1, -0.05) is 0 Å². The maximum absolute atomic E-state index is 2.26. The quantitative estimate of drug-likeness (QED) is 0.400. The molecule has 0 amide bonds. The van der Waals surface area contributed by atoms with Crippen LogP contribution in [-0.4, -0.2) is 42.5 Å². The third kappa shape index (κ3) is 0.703. The summed E-state index contributed by atoms with van der Waals surface area (Å²) in [4.78, 5) is 2.26. The van der Waals surface area contributed by atoms with Crippen molar-refractivity contribution in [3.63, 3.8) is 0 Å². The van der Waals surface area contributed by atoms with E-state index < -0.39 is 0 Å². The summed E-state index contributed by atoms with van der Waals surface area (Å²) >= 11 is 0. The first-order valence-electron chi connectivity index (χ1n) is 2.97. The maximum Gasteiger partial charge on any atom is 0.243 e. The normalized spacial score (nSPS) is 20.6. The molecule has 2 nitrogen and oxygen atoms in total. The zero-order chi connectivity index (χ0) is 6.15. The molecule has 0 fully saturated rings. The van der Waals surface area contributed by atoms with Gasteiger partial charge in [0.15, 0.2) is 0 Å². The van der Waals surface area contributed by atoms with Crippen molar-refractivity contribution < 1.29 is 4.58 Å². The number of likely N-dealkylation sites (N-methyl/N-ethyl adjacent to an activating group) is 2. The SMILES string of the molecule is CC1=[N+](C)CCN1C. The standard InChI is InChI=1S/C6H13N2/c1-6-7(2)4-5-8(6)3/h4-5H2,1-3H3/q+1. The van der Waals surface area contributed by atoms with E-state index in [0.717, 1.165) is 0 Å². The van der Waals surface area contributed by atoms with Crippen LogP contribution in [0.3, 0.4) is 0 Å². The molecule has 0 saturated heterocycles. The predicted molar refractivity (Wildman–Crippen MR) is 34.4 cm³/mol. The van der Waals surface area contributed by atoms with Gasteiger partial charge in [-0.25, -0.2) is 0 Å². The van der Waals surface area contributed by atoms with Crippen LogP contribution in [-0.2, 0) is 0 Å². The van der Waals surface area contributed by atoms with E-state index in [4.69, 9.17) is 0 Å². The first-order chi connectivity index (χ1) is 3.72. The molecule has 8 heavy (non-hydrogen) atoms. The Morgan fingerprint density at radius 2 is 2.25 bits per heavy atom. The smallest absolute Gasteiger partial charge is 0.243 e. The van der Waals surface area contributed by atoms with Crippen LogP contribution in [0.25, 0.3) is 0 Å². The van der Waals surface area contributed by atoms with Gasteiger partial charge in [-0.05, 0) is 0 Å². The van der Waals surface area contributed by atoms with Gasteiger partial charge in [0.25, 0.3) is 0 Å². The third-order valence-electron chi connectivity index (χ3n) is 1.88. The summed E-state index contributed by atoms with van der Waals surface area (Å²) in [5.74, 6) is 1.38. The lowest BCUT2D eigenvalue weighted by Crippen LogP contribution is -2.20. The van der Waals surface area contributed by atoms with Crippen molar-refractivity contribution in [1.29, 1.82) is 0 Å². The van der Waals surface area contributed by atoms with Crippen molar-refractivity contribution in [2.24, 2.45) is 0 Å². The molecule has 0 bridgehead atoms. The van der Waals surface area contributed by atoms with Crippen LogP contribution in [0.15, 0.2) is 0 Å². The lowest BCUT2D eigenvalue weighted by molar-refractivity contribution is -0.487. The van der Waals surface area contributed by atoms with Crippen LogP contribution in [0.4, 0.5) is 0 Å². The molecule has 1 aliphatic rings. The largest absolute Gasteiger partial charge is 0.265 e. The summed E-state index contributed by atoms with van der Waals surface area (Å²) in [5.41, 5.74) is 0. The maximum atomic E-state index is 2.26. The Hall–Kier alpha value is -0.530. The summed E-state index contributed by atoms with van der Waals surface area (Å²) in [6.07, 6.45) is 0. The summed E-state index contributed by atoms with van der Waals surface area (Å²) < 4.78 is 2.26. The minimum atomic E-state index is 1.18. The molecule has 1 rings (SSSR count). The lowest BCUT2D eigenvalue weighted by Gasteiger charge is -1.98. The van der Waals surface area contributed by atoms with E-state index in [0.29, 0.717) is 0 Å². The second-order valence-corrected chi connectivity index (χ2v) is 2.39. The Bertz CT molecular complexity index is 126. The van der Waals surface area contributed by atoms with Crippen LogP contribution in [0.2, 0.25) is 0 Å². The highest BCUT2D eigenvalue weighted by Gasteiger charge is 2.18. The van der Waals surface area contributed by atoms with E-state index in [-0.39, 0.29) is 0 Å². The predicted octanol–water partition coefficient (Wildman–Crippen LogP) is -0.00750. The Labute approximate surface area is 50.4 Å². The van der Waals surface area contributed by atoms with Crippen molar-refractivity contribution in [3.8, 4) is 0 Å². The molecular weight excluding hydrogens is 100 g/mol. The summed E-state index contributed by atoms with van der Waals surface area (Å²) in [6.45, 7) is 4.51. The molecule has 0 N–H and O–H groups in total. The topological polar surface area (TPSA) is 6.25 Å². The van der Waals surface area contributed by atoms with Crippen LogP contribution >= 0.6 is 0 Å². The minimum absolute atomic E-state index is 1.18. The number of hydrogen-bond acceptors (Lipinski definition) is 1. The van der Waals surface area contributed by atoms with Crippen LogP contribution in [0.1, 0.15) is 6.92 Å². The molecule has 0 radical (unpaired) electrons. The van der Waals surface area contributed by atoms with Gasteiger partial charge in [0, 0.05) is 6.92 Å². The first-order valence-corrected chi connectivity index (χ1v) is 2.97. The van der Waals surface area contributed by atoms with Gasteiger partial charge >= 0.3 is 0 Å². The molecule has 1 aliphatic heterocycles. The van der Waals surface area contributed by atoms with Crippen molar-refractivity contribution in [2.45, 2.75) is 6.92 Å². The van der Waals surface area contributed by atoms with E-state index in [9.17, 15) is 0 Å². The summed E-state index contributed by atoms with van der Waals surface area (Å²) in [7, 11) is 4.25. The van der Waals surface area contributed by atoms with E-state index >= 15 is 0 Å². The molecule has 0 unspecified atom stereocenters. The average molecular weight is 113 g/mol. The lowest BCUT2D eigenvalue weighted by atomic mass is 10.6. The van der Waals surface area contributed by atoms with Gasteiger partial charge < -0.3 is 0 Å². The average Bonchev–Trinajstić information content (AvgIpc) is 1.98. The number of hydrogen-bond donors (Lipinski definition) is 0. The Balaban J connectivity index is 2.71. The molecule has 0 aromatic rings. The van der Waals surface area contributed by atoms with Gasteiger partial charge in [-0.2, -0.15) is 0 Å². The number of amidine groups is 1. The van der Waals surface area contributed by atoms with Crippen LogP contribution < -0.4 is 0 Å². The zero-order valence-electron chi connectivity index (χ0n) is 5.81. The van der Waals surface area contributed by atoms with Crippen LogP contribution in [0, 0.1) is 0 Å². The fourth-order valence-corrected chi connectivity index (χ4v) is 0.915. The number of nitrogens with zero attached hydrogens (tertiary/aromatic N) is 2. The fraction of sp³-hybridized carbons (Fsp3) is 0.833. The molecular formula is C6H13N2+. The van der Waals surface area contributed by atoms with Gasteiger partial charge in [-0.15, -0.1) is 0 Å². The van der Waals surface area contributed by atoms with Gasteiger partial charge in [0.05, 0.1) is 14.1 Å². The molecule has 0 atom stereocenters. The third-order valence-corrected chi connectivity index (χ3v) is 1.88. The fourth-order valence-electron chi connectivity index (χ4n) is 0.915. The molecule has 0 aromatic heterocycles. The highest BCUT2D eigenvalue weighted by molar-refractivity contribution is 5.75. The second-order valence-electron chi connectivity index (χ2n) is 2.39. The van der Waals surface area contributed by atoms with Crippen molar-refractivity contribution in [3.05, 3.63) is 0 Å². The van der Waals surface area contributed by atoms with Gasteiger partial charge in [0.2, 0.25) is 5.84 Å². The number of rotatable bonds is 0. The Kier molecular flexibility index (Phi) is 1.24. The summed E-state index contributed by atoms with van der Waals surface area (Å²) in [6, 6.07) is 0. The van der Waals surface area contributed by atoms with Gasteiger partial charge in [0.1, 0.15) is 13.1 Å². The molecule has 46 valence electrons. The molecule has 0 aromatic carbocycles. The van der Waals surface area contributed by atoms with Crippen molar-refractivity contribution >= 4 is 5.84 Å². The summed E-state index contributed by atoms with van der Waals surface area (Å²) in [5, 5.41) is 0. The highest BCUT2D eigenvalue weighted by Crippen LogP contribution is 1.93. The van der Waals surface area contributed by atoms with Crippen molar-refractivity contribution in [1.82, 2.24) is 4.90 Å². The monoisotopic (exact) mass is 113 g/mol. The molecule has 2 heteroatoms.